The molecule has 5 heteroatoms. The van der Waals surface area contributed by atoms with Crippen molar-refractivity contribution in [2.75, 3.05) is 25.4 Å². The van der Waals surface area contributed by atoms with Crippen LogP contribution >= 0.6 is 0 Å². The van der Waals surface area contributed by atoms with E-state index in [1.54, 1.807) is 6.07 Å². The predicted molar refractivity (Wildman–Crippen MR) is 63.8 cm³/mol. The van der Waals surface area contributed by atoms with E-state index < -0.39 is 9.84 Å². The van der Waals surface area contributed by atoms with E-state index in [1.165, 1.54) is 0 Å². The van der Waals surface area contributed by atoms with Gasteiger partial charge in [-0.25, -0.2) is 8.42 Å². The Morgan fingerprint density at radius 1 is 1.35 bits per heavy atom. The summed E-state index contributed by atoms with van der Waals surface area (Å²) in [6, 6.07) is 5.50. The van der Waals surface area contributed by atoms with Gasteiger partial charge in [-0.1, -0.05) is 12.1 Å². The number of ether oxygens (including phenoxy) is 1. The summed E-state index contributed by atoms with van der Waals surface area (Å²) in [7, 11) is -3.04. The standard InChI is InChI=1S/C12H15NO3S/c14-17(15)7-4-10-9(2-1-3-12(10)17)11-8-13-5-6-16-11/h1-3,11,13H,4-8H2. The van der Waals surface area contributed by atoms with E-state index >= 15 is 0 Å². The van der Waals surface area contributed by atoms with Gasteiger partial charge in [0.2, 0.25) is 0 Å². The smallest absolute Gasteiger partial charge is 0.178 e. The molecule has 1 aromatic rings. The lowest BCUT2D eigenvalue weighted by atomic mass is 10.00. The predicted octanol–water partition coefficient (Wildman–Crippen LogP) is 0.677. The zero-order valence-corrected chi connectivity index (χ0v) is 10.3. The van der Waals surface area contributed by atoms with Crippen molar-refractivity contribution in [1.82, 2.24) is 5.32 Å². The number of sulfone groups is 1. The van der Waals surface area contributed by atoms with E-state index in [0.29, 0.717) is 17.9 Å². The molecule has 1 fully saturated rings. The van der Waals surface area contributed by atoms with E-state index in [9.17, 15) is 8.42 Å². The minimum Gasteiger partial charge on any atom is -0.371 e. The maximum Gasteiger partial charge on any atom is 0.178 e. The van der Waals surface area contributed by atoms with Crippen molar-refractivity contribution in [3.05, 3.63) is 29.3 Å². The summed E-state index contributed by atoms with van der Waals surface area (Å²) < 4.78 is 29.4. The van der Waals surface area contributed by atoms with Gasteiger partial charge in [-0.3, -0.25) is 0 Å². The van der Waals surface area contributed by atoms with Crippen LogP contribution in [0.4, 0.5) is 0 Å². The van der Waals surface area contributed by atoms with Crippen molar-refractivity contribution in [3.63, 3.8) is 0 Å². The maximum atomic E-state index is 11.8. The Morgan fingerprint density at radius 2 is 2.24 bits per heavy atom. The van der Waals surface area contributed by atoms with Crippen LogP contribution in [-0.4, -0.2) is 33.9 Å². The molecule has 2 aliphatic heterocycles. The normalized spacial score (nSPS) is 26.7. The molecule has 0 aromatic heterocycles. The van der Waals surface area contributed by atoms with Gasteiger partial charge >= 0.3 is 0 Å². The molecule has 2 aliphatic rings. The average molecular weight is 253 g/mol. The second-order valence-corrected chi connectivity index (χ2v) is 6.53. The summed E-state index contributed by atoms with van der Waals surface area (Å²) >= 11 is 0. The largest absolute Gasteiger partial charge is 0.371 e. The quantitative estimate of drug-likeness (QED) is 0.799. The Kier molecular flexibility index (Phi) is 2.69. The molecule has 92 valence electrons. The fraction of sp³-hybridized carbons (Fsp3) is 0.500. The summed E-state index contributed by atoms with van der Waals surface area (Å²) in [5.74, 6) is 0.236. The maximum absolute atomic E-state index is 11.8. The molecule has 1 atom stereocenters. The highest BCUT2D eigenvalue weighted by Gasteiger charge is 2.30. The fourth-order valence-electron chi connectivity index (χ4n) is 2.55. The van der Waals surface area contributed by atoms with Crippen LogP contribution in [0, 0.1) is 0 Å². The van der Waals surface area contributed by atoms with Gasteiger partial charge in [-0.05, 0) is 23.6 Å². The molecule has 17 heavy (non-hydrogen) atoms. The second kappa shape index (κ2) is 4.08. The molecule has 1 aromatic carbocycles. The number of rotatable bonds is 1. The molecule has 0 saturated carbocycles. The van der Waals surface area contributed by atoms with E-state index in [1.807, 2.05) is 12.1 Å². The van der Waals surface area contributed by atoms with Gasteiger partial charge in [0.05, 0.1) is 23.4 Å². The SMILES string of the molecule is O=S1(=O)CCc2c(C3CNCCO3)cccc21. The fourth-order valence-corrected chi connectivity index (χ4v) is 4.13. The van der Waals surface area contributed by atoms with E-state index in [2.05, 4.69) is 5.32 Å². The number of benzene rings is 1. The average Bonchev–Trinajstić information content (AvgIpc) is 2.67. The second-order valence-electron chi connectivity index (χ2n) is 4.46. The van der Waals surface area contributed by atoms with Gasteiger partial charge in [0.15, 0.2) is 9.84 Å². The lowest BCUT2D eigenvalue weighted by Gasteiger charge is -2.25. The van der Waals surface area contributed by atoms with Crippen molar-refractivity contribution in [3.8, 4) is 0 Å². The number of hydrogen-bond donors (Lipinski definition) is 1. The first kappa shape index (κ1) is 11.2. The van der Waals surface area contributed by atoms with Gasteiger partial charge in [-0.15, -0.1) is 0 Å². The van der Waals surface area contributed by atoms with Crippen molar-refractivity contribution < 1.29 is 13.2 Å². The van der Waals surface area contributed by atoms with Crippen molar-refractivity contribution >= 4 is 9.84 Å². The molecule has 0 radical (unpaired) electrons. The van der Waals surface area contributed by atoms with Crippen molar-refractivity contribution in [1.29, 1.82) is 0 Å². The molecule has 2 heterocycles. The monoisotopic (exact) mass is 253 g/mol. The Morgan fingerprint density at radius 3 is 3.00 bits per heavy atom. The summed E-state index contributed by atoms with van der Waals surface area (Å²) in [4.78, 5) is 0.504. The van der Waals surface area contributed by atoms with Crippen LogP contribution in [0.5, 0.6) is 0 Å². The molecule has 0 spiro atoms. The Bertz CT molecular complexity index is 533. The van der Waals surface area contributed by atoms with Gasteiger partial charge in [0.25, 0.3) is 0 Å². The zero-order chi connectivity index (χ0) is 11.9. The topological polar surface area (TPSA) is 55.4 Å². The van der Waals surface area contributed by atoms with Gasteiger partial charge in [0.1, 0.15) is 0 Å². The first-order chi connectivity index (χ1) is 8.18. The zero-order valence-electron chi connectivity index (χ0n) is 9.48. The first-order valence-electron chi connectivity index (χ1n) is 5.85. The molecule has 0 bridgehead atoms. The molecule has 0 amide bonds. The van der Waals surface area contributed by atoms with Crippen molar-refractivity contribution in [2.45, 2.75) is 17.4 Å². The molecule has 0 aliphatic carbocycles. The Hall–Kier alpha value is -0.910. The number of hydrogen-bond acceptors (Lipinski definition) is 4. The third kappa shape index (κ3) is 1.88. The van der Waals surface area contributed by atoms with Crippen LogP contribution in [0.1, 0.15) is 17.2 Å². The molecule has 4 nitrogen and oxygen atoms in total. The summed E-state index contributed by atoms with van der Waals surface area (Å²) in [6.45, 7) is 2.31. The number of nitrogens with one attached hydrogen (secondary N) is 1. The summed E-state index contributed by atoms with van der Waals surface area (Å²) in [5, 5.41) is 3.27. The minimum atomic E-state index is -3.04. The van der Waals surface area contributed by atoms with Gasteiger partial charge < -0.3 is 10.1 Å². The highest BCUT2D eigenvalue weighted by atomic mass is 32.2. The highest BCUT2D eigenvalue weighted by molar-refractivity contribution is 7.91. The van der Waals surface area contributed by atoms with Crippen LogP contribution in [0.3, 0.4) is 0 Å². The lowest BCUT2D eigenvalue weighted by molar-refractivity contribution is 0.0271. The summed E-state index contributed by atoms with van der Waals surface area (Å²) in [6.07, 6.45) is 0.611. The molecule has 1 N–H and O–H groups in total. The molecule has 1 saturated heterocycles. The van der Waals surface area contributed by atoms with E-state index in [-0.39, 0.29) is 11.9 Å². The highest BCUT2D eigenvalue weighted by Crippen LogP contribution is 2.33. The van der Waals surface area contributed by atoms with Crippen LogP contribution < -0.4 is 5.32 Å². The molecular formula is C12H15NO3S. The number of fused-ring (bicyclic) bond motifs is 1. The Balaban J connectivity index is 2.05. The van der Waals surface area contributed by atoms with Crippen LogP contribution in [0.15, 0.2) is 23.1 Å². The molecular weight excluding hydrogens is 238 g/mol. The number of morpholine rings is 1. The summed E-state index contributed by atoms with van der Waals surface area (Å²) in [5.41, 5.74) is 2.00. The van der Waals surface area contributed by atoms with E-state index in [4.69, 9.17) is 4.74 Å². The molecule has 1 unspecified atom stereocenters. The van der Waals surface area contributed by atoms with Gasteiger partial charge in [-0.2, -0.15) is 0 Å². The van der Waals surface area contributed by atoms with Crippen LogP contribution in [0.2, 0.25) is 0 Å². The third-order valence-electron chi connectivity index (χ3n) is 3.40. The van der Waals surface area contributed by atoms with Crippen LogP contribution in [0.25, 0.3) is 0 Å². The third-order valence-corrected chi connectivity index (χ3v) is 5.19. The first-order valence-corrected chi connectivity index (χ1v) is 7.50. The van der Waals surface area contributed by atoms with Crippen LogP contribution in [-0.2, 0) is 21.0 Å². The van der Waals surface area contributed by atoms with Gasteiger partial charge in [0, 0.05) is 13.1 Å². The Labute approximate surface area is 101 Å². The minimum absolute atomic E-state index is 0.00741. The van der Waals surface area contributed by atoms with Crippen molar-refractivity contribution in [2.24, 2.45) is 0 Å². The van der Waals surface area contributed by atoms with E-state index in [0.717, 1.165) is 24.2 Å². The molecule has 3 rings (SSSR count). The lowest BCUT2D eigenvalue weighted by Crippen LogP contribution is -2.33.